The van der Waals surface area contributed by atoms with Crippen molar-refractivity contribution in [2.24, 2.45) is 5.92 Å². The molecular weight excluding hydrogens is 352 g/mol. The SMILES string of the molecule is CCOc1ccc(Cl)cc1C(=O)CC(=O)C1CCc2ccccc2C1=O. The molecule has 134 valence electrons. The van der Waals surface area contributed by atoms with Crippen LogP contribution in [0.5, 0.6) is 5.75 Å². The minimum atomic E-state index is -0.761. The van der Waals surface area contributed by atoms with E-state index < -0.39 is 5.92 Å². The van der Waals surface area contributed by atoms with E-state index in [4.69, 9.17) is 16.3 Å². The summed E-state index contributed by atoms with van der Waals surface area (Å²) >= 11 is 5.98. The van der Waals surface area contributed by atoms with E-state index in [2.05, 4.69) is 0 Å². The van der Waals surface area contributed by atoms with Gasteiger partial charge in [-0.05, 0) is 43.5 Å². The van der Waals surface area contributed by atoms with E-state index in [9.17, 15) is 14.4 Å². The third-order valence-electron chi connectivity index (χ3n) is 4.57. The lowest BCUT2D eigenvalue weighted by Gasteiger charge is -2.22. The highest BCUT2D eigenvalue weighted by Gasteiger charge is 2.33. The van der Waals surface area contributed by atoms with Gasteiger partial charge in [0.2, 0.25) is 0 Å². The van der Waals surface area contributed by atoms with Gasteiger partial charge < -0.3 is 4.74 Å². The summed E-state index contributed by atoms with van der Waals surface area (Å²) in [4.78, 5) is 37.9. The van der Waals surface area contributed by atoms with Gasteiger partial charge in [-0.15, -0.1) is 0 Å². The number of benzene rings is 2. The molecule has 4 nitrogen and oxygen atoms in total. The number of aryl methyl sites for hydroxylation is 1. The van der Waals surface area contributed by atoms with E-state index in [1.165, 1.54) is 6.07 Å². The van der Waals surface area contributed by atoms with Crippen LogP contribution in [0, 0.1) is 5.92 Å². The van der Waals surface area contributed by atoms with Crippen molar-refractivity contribution in [3.8, 4) is 5.75 Å². The highest BCUT2D eigenvalue weighted by molar-refractivity contribution is 6.31. The molecule has 3 rings (SSSR count). The van der Waals surface area contributed by atoms with Gasteiger partial charge in [-0.1, -0.05) is 35.9 Å². The third-order valence-corrected chi connectivity index (χ3v) is 4.80. The second-order valence-corrected chi connectivity index (χ2v) is 6.69. The number of Topliss-reactive ketones (excluding diaryl/α,β-unsaturated/α-hetero) is 3. The fourth-order valence-corrected chi connectivity index (χ4v) is 3.45. The molecule has 1 aliphatic carbocycles. The summed E-state index contributed by atoms with van der Waals surface area (Å²) in [6, 6.07) is 12.1. The van der Waals surface area contributed by atoms with Gasteiger partial charge in [0.25, 0.3) is 0 Å². The lowest BCUT2D eigenvalue weighted by molar-refractivity contribution is -0.120. The predicted molar refractivity (Wildman–Crippen MR) is 99.2 cm³/mol. The molecule has 1 unspecified atom stereocenters. The average molecular weight is 371 g/mol. The van der Waals surface area contributed by atoms with Crippen LogP contribution in [0.15, 0.2) is 42.5 Å². The fraction of sp³-hybridized carbons (Fsp3) is 0.286. The van der Waals surface area contributed by atoms with Crippen LogP contribution in [-0.2, 0) is 11.2 Å². The Labute approximate surface area is 157 Å². The molecule has 0 heterocycles. The molecular formula is C21H19ClO4. The zero-order chi connectivity index (χ0) is 18.7. The quantitative estimate of drug-likeness (QED) is 0.561. The van der Waals surface area contributed by atoms with E-state index in [1.807, 2.05) is 19.1 Å². The zero-order valence-electron chi connectivity index (χ0n) is 14.5. The molecule has 2 aromatic carbocycles. The smallest absolute Gasteiger partial charge is 0.174 e. The maximum atomic E-state index is 12.6. The summed E-state index contributed by atoms with van der Waals surface area (Å²) < 4.78 is 5.45. The minimum Gasteiger partial charge on any atom is -0.493 e. The van der Waals surface area contributed by atoms with Crippen molar-refractivity contribution in [2.75, 3.05) is 6.61 Å². The number of carbonyl (C=O) groups is 3. The Morgan fingerprint density at radius 3 is 2.73 bits per heavy atom. The highest BCUT2D eigenvalue weighted by Crippen LogP contribution is 2.29. The molecule has 1 atom stereocenters. The van der Waals surface area contributed by atoms with Crippen molar-refractivity contribution >= 4 is 29.0 Å². The maximum Gasteiger partial charge on any atom is 0.174 e. The van der Waals surface area contributed by atoms with Crippen LogP contribution in [0.3, 0.4) is 0 Å². The molecule has 0 bridgehead atoms. The van der Waals surface area contributed by atoms with Gasteiger partial charge in [-0.25, -0.2) is 0 Å². The summed E-state index contributed by atoms with van der Waals surface area (Å²) in [5.41, 5.74) is 1.82. The second-order valence-electron chi connectivity index (χ2n) is 6.25. The number of halogens is 1. The molecule has 0 aliphatic heterocycles. The van der Waals surface area contributed by atoms with E-state index in [0.29, 0.717) is 35.8 Å². The summed E-state index contributed by atoms with van der Waals surface area (Å²) in [5, 5.41) is 0.395. The molecule has 0 saturated heterocycles. The lowest BCUT2D eigenvalue weighted by Crippen LogP contribution is -2.30. The Hall–Kier alpha value is -2.46. The number of ether oxygens (including phenoxy) is 1. The van der Waals surface area contributed by atoms with E-state index in [-0.39, 0.29) is 29.3 Å². The molecule has 0 saturated carbocycles. The first-order valence-corrected chi connectivity index (χ1v) is 8.99. The molecule has 5 heteroatoms. The molecule has 0 amide bonds. The van der Waals surface area contributed by atoms with Crippen molar-refractivity contribution in [1.29, 1.82) is 0 Å². The van der Waals surface area contributed by atoms with Crippen LogP contribution in [0.25, 0.3) is 0 Å². The number of fused-ring (bicyclic) bond motifs is 1. The number of rotatable bonds is 6. The summed E-state index contributed by atoms with van der Waals surface area (Å²) in [7, 11) is 0. The predicted octanol–water partition coefficient (Wildman–Crippen LogP) is 4.33. The standard InChI is InChI=1S/C21H19ClO4/c1-2-26-20-10-8-14(22)11-17(20)19(24)12-18(23)16-9-7-13-5-3-4-6-15(13)21(16)25/h3-6,8,10-11,16H,2,7,9,12H2,1H3. The Morgan fingerprint density at radius 1 is 1.19 bits per heavy atom. The van der Waals surface area contributed by atoms with Gasteiger partial charge in [0.05, 0.1) is 24.5 Å². The average Bonchev–Trinajstić information content (AvgIpc) is 2.63. The lowest BCUT2D eigenvalue weighted by atomic mass is 9.79. The van der Waals surface area contributed by atoms with Crippen LogP contribution < -0.4 is 4.74 Å². The number of carbonyl (C=O) groups excluding carboxylic acids is 3. The first-order valence-electron chi connectivity index (χ1n) is 8.61. The Bertz CT molecular complexity index is 872. The molecule has 0 fully saturated rings. The molecule has 0 N–H and O–H groups in total. The zero-order valence-corrected chi connectivity index (χ0v) is 15.2. The Balaban J connectivity index is 1.78. The molecule has 1 aliphatic rings. The number of hydrogen-bond donors (Lipinski definition) is 0. The van der Waals surface area contributed by atoms with Gasteiger partial charge in [0.15, 0.2) is 17.3 Å². The van der Waals surface area contributed by atoms with Crippen molar-refractivity contribution in [3.05, 3.63) is 64.2 Å². The molecule has 2 aromatic rings. The van der Waals surface area contributed by atoms with Gasteiger partial charge in [-0.3, -0.25) is 14.4 Å². The number of hydrogen-bond acceptors (Lipinski definition) is 4. The monoisotopic (exact) mass is 370 g/mol. The normalized spacial score (nSPS) is 16.1. The first kappa shape index (κ1) is 18.3. The maximum absolute atomic E-state index is 12.6. The molecule has 26 heavy (non-hydrogen) atoms. The van der Waals surface area contributed by atoms with Crippen LogP contribution >= 0.6 is 11.6 Å². The topological polar surface area (TPSA) is 60.4 Å². The minimum absolute atomic E-state index is 0.194. The van der Waals surface area contributed by atoms with Gasteiger partial charge >= 0.3 is 0 Å². The molecule has 0 aromatic heterocycles. The summed E-state index contributed by atoms with van der Waals surface area (Å²) in [6.45, 7) is 2.21. The van der Waals surface area contributed by atoms with Crippen molar-refractivity contribution < 1.29 is 19.1 Å². The number of ketones is 3. The summed E-state index contributed by atoms with van der Waals surface area (Å²) in [5.74, 6) is -1.29. The Kier molecular flexibility index (Phi) is 5.52. The van der Waals surface area contributed by atoms with Crippen LogP contribution in [0.4, 0.5) is 0 Å². The van der Waals surface area contributed by atoms with Crippen molar-refractivity contribution in [2.45, 2.75) is 26.2 Å². The van der Waals surface area contributed by atoms with Gasteiger partial charge in [0.1, 0.15) is 5.75 Å². The van der Waals surface area contributed by atoms with Crippen LogP contribution in [0.1, 0.15) is 46.0 Å². The van der Waals surface area contributed by atoms with Crippen molar-refractivity contribution in [1.82, 2.24) is 0 Å². The van der Waals surface area contributed by atoms with E-state index in [0.717, 1.165) is 5.56 Å². The highest BCUT2D eigenvalue weighted by atomic mass is 35.5. The Morgan fingerprint density at radius 2 is 1.96 bits per heavy atom. The largest absolute Gasteiger partial charge is 0.493 e. The van der Waals surface area contributed by atoms with Crippen molar-refractivity contribution in [3.63, 3.8) is 0 Å². The first-order chi connectivity index (χ1) is 12.5. The fourth-order valence-electron chi connectivity index (χ4n) is 3.28. The second kappa shape index (κ2) is 7.83. The van der Waals surface area contributed by atoms with E-state index >= 15 is 0 Å². The van der Waals surface area contributed by atoms with Gasteiger partial charge in [-0.2, -0.15) is 0 Å². The van der Waals surface area contributed by atoms with Gasteiger partial charge in [0, 0.05) is 10.6 Å². The third kappa shape index (κ3) is 3.70. The molecule has 0 spiro atoms. The van der Waals surface area contributed by atoms with E-state index in [1.54, 1.807) is 24.3 Å². The molecule has 0 radical (unpaired) electrons. The van der Waals surface area contributed by atoms with Crippen LogP contribution in [0.2, 0.25) is 5.02 Å². The van der Waals surface area contributed by atoms with Crippen LogP contribution in [-0.4, -0.2) is 24.0 Å². The summed E-state index contributed by atoms with van der Waals surface area (Å²) in [6.07, 6.45) is 0.767.